The lowest BCUT2D eigenvalue weighted by molar-refractivity contribution is -0.139. The number of carbonyl (C=O) groups is 1. The van der Waals surface area contributed by atoms with Crippen LogP contribution in [0.1, 0.15) is 6.92 Å². The second kappa shape index (κ2) is 8.23. The number of hydrogen-bond acceptors (Lipinski definition) is 5. The van der Waals surface area contributed by atoms with E-state index in [1.807, 2.05) is 0 Å². The average molecular weight is 196 g/mol. The SMILES string of the molecule is CCOC(=O)CSSCCO. The van der Waals surface area contributed by atoms with Crippen LogP contribution in [0, 0.1) is 0 Å². The molecule has 1 N–H and O–H groups in total. The lowest BCUT2D eigenvalue weighted by Gasteiger charge is -1.99. The third-order valence-electron chi connectivity index (χ3n) is 0.740. The summed E-state index contributed by atoms with van der Waals surface area (Å²) in [6.07, 6.45) is 0. The Morgan fingerprint density at radius 1 is 1.55 bits per heavy atom. The first-order valence-corrected chi connectivity index (χ1v) is 5.81. The molecule has 0 radical (unpaired) electrons. The summed E-state index contributed by atoms with van der Waals surface area (Å²) in [6, 6.07) is 0. The van der Waals surface area contributed by atoms with Crippen molar-refractivity contribution in [3.63, 3.8) is 0 Å². The average Bonchev–Trinajstić information content (AvgIpc) is 1.99. The molecule has 0 bridgehead atoms. The predicted molar refractivity (Wildman–Crippen MR) is 48.6 cm³/mol. The van der Waals surface area contributed by atoms with Gasteiger partial charge in [-0.15, -0.1) is 0 Å². The van der Waals surface area contributed by atoms with Gasteiger partial charge in [-0.25, -0.2) is 0 Å². The molecule has 0 aromatic heterocycles. The second-order valence-electron chi connectivity index (χ2n) is 1.61. The molecule has 0 unspecified atom stereocenters. The van der Waals surface area contributed by atoms with Crippen LogP contribution in [0.25, 0.3) is 0 Å². The highest BCUT2D eigenvalue weighted by Crippen LogP contribution is 2.19. The van der Waals surface area contributed by atoms with E-state index < -0.39 is 0 Å². The summed E-state index contributed by atoms with van der Waals surface area (Å²) in [5.41, 5.74) is 0. The molecule has 0 heterocycles. The number of carbonyl (C=O) groups excluding carboxylic acids is 1. The van der Waals surface area contributed by atoms with Gasteiger partial charge in [-0.3, -0.25) is 4.79 Å². The van der Waals surface area contributed by atoms with E-state index in [0.717, 1.165) is 0 Å². The maximum Gasteiger partial charge on any atom is 0.316 e. The maximum absolute atomic E-state index is 10.7. The van der Waals surface area contributed by atoms with Gasteiger partial charge in [0.25, 0.3) is 0 Å². The first-order valence-electron chi connectivity index (χ1n) is 3.32. The van der Waals surface area contributed by atoms with Crippen molar-refractivity contribution in [2.45, 2.75) is 6.92 Å². The smallest absolute Gasteiger partial charge is 0.316 e. The summed E-state index contributed by atoms with van der Waals surface area (Å²) in [5, 5.41) is 8.38. The predicted octanol–water partition coefficient (Wildman–Crippen LogP) is 0.923. The van der Waals surface area contributed by atoms with E-state index in [1.54, 1.807) is 6.92 Å². The minimum absolute atomic E-state index is 0.153. The lowest BCUT2D eigenvalue weighted by atomic mass is 10.8. The molecule has 5 heteroatoms. The van der Waals surface area contributed by atoms with Crippen LogP contribution in [0.5, 0.6) is 0 Å². The fourth-order valence-corrected chi connectivity index (χ4v) is 1.96. The Hall–Kier alpha value is 0.130. The van der Waals surface area contributed by atoms with Gasteiger partial charge in [-0.2, -0.15) is 0 Å². The van der Waals surface area contributed by atoms with Crippen molar-refractivity contribution in [2.75, 3.05) is 24.7 Å². The van der Waals surface area contributed by atoms with E-state index in [2.05, 4.69) is 4.74 Å². The van der Waals surface area contributed by atoms with E-state index in [9.17, 15) is 4.79 Å². The van der Waals surface area contributed by atoms with Crippen molar-refractivity contribution >= 4 is 27.6 Å². The minimum Gasteiger partial charge on any atom is -0.465 e. The molecule has 66 valence electrons. The van der Waals surface area contributed by atoms with Crippen LogP contribution in [0.3, 0.4) is 0 Å². The maximum atomic E-state index is 10.7. The molecular formula is C6H12O3S2. The standard InChI is InChI=1S/C6H12O3S2/c1-2-9-6(8)5-11-10-4-3-7/h7H,2-5H2,1H3. The Bertz CT molecular complexity index is 108. The van der Waals surface area contributed by atoms with Crippen molar-refractivity contribution in [1.82, 2.24) is 0 Å². The van der Waals surface area contributed by atoms with Crippen molar-refractivity contribution in [2.24, 2.45) is 0 Å². The highest BCUT2D eigenvalue weighted by molar-refractivity contribution is 8.76. The third kappa shape index (κ3) is 8.03. The van der Waals surface area contributed by atoms with Crippen LogP contribution in [-0.2, 0) is 9.53 Å². The molecule has 3 nitrogen and oxygen atoms in total. The van der Waals surface area contributed by atoms with E-state index in [4.69, 9.17) is 5.11 Å². The van der Waals surface area contributed by atoms with Crippen LogP contribution in [0.2, 0.25) is 0 Å². The Labute approximate surface area is 74.3 Å². The van der Waals surface area contributed by atoms with Crippen LogP contribution >= 0.6 is 21.6 Å². The Kier molecular flexibility index (Phi) is 8.33. The highest BCUT2D eigenvalue weighted by Gasteiger charge is 2.00. The van der Waals surface area contributed by atoms with Crippen LogP contribution in [0.4, 0.5) is 0 Å². The number of ether oxygens (including phenoxy) is 1. The first kappa shape index (κ1) is 11.1. The van der Waals surface area contributed by atoms with E-state index in [-0.39, 0.29) is 12.6 Å². The third-order valence-corrected chi connectivity index (χ3v) is 2.96. The topological polar surface area (TPSA) is 46.5 Å². The van der Waals surface area contributed by atoms with Gasteiger partial charge >= 0.3 is 5.97 Å². The van der Waals surface area contributed by atoms with Gasteiger partial charge in [0.15, 0.2) is 0 Å². The molecule has 0 saturated carbocycles. The first-order chi connectivity index (χ1) is 5.31. The fraction of sp³-hybridized carbons (Fsp3) is 0.833. The van der Waals surface area contributed by atoms with Gasteiger partial charge in [0.05, 0.1) is 13.2 Å². The van der Waals surface area contributed by atoms with E-state index >= 15 is 0 Å². The zero-order valence-corrected chi connectivity index (χ0v) is 8.04. The largest absolute Gasteiger partial charge is 0.465 e. The minimum atomic E-state index is -0.192. The Balaban J connectivity index is 3.04. The van der Waals surface area contributed by atoms with Crippen molar-refractivity contribution in [3.05, 3.63) is 0 Å². The second-order valence-corrected chi connectivity index (χ2v) is 4.20. The van der Waals surface area contributed by atoms with E-state index in [1.165, 1.54) is 21.6 Å². The zero-order valence-electron chi connectivity index (χ0n) is 6.41. The normalized spacial score (nSPS) is 9.64. The number of hydrogen-bond donors (Lipinski definition) is 1. The summed E-state index contributed by atoms with van der Waals surface area (Å²) in [4.78, 5) is 10.7. The van der Waals surface area contributed by atoms with Crippen LogP contribution in [-0.4, -0.2) is 35.8 Å². The lowest BCUT2D eigenvalue weighted by Crippen LogP contribution is -2.05. The molecule has 0 saturated heterocycles. The summed E-state index contributed by atoms with van der Waals surface area (Å²) in [5.74, 6) is 0.825. The van der Waals surface area contributed by atoms with Gasteiger partial charge in [0.2, 0.25) is 0 Å². The molecule has 0 aliphatic carbocycles. The molecule has 0 spiro atoms. The number of aliphatic hydroxyl groups excluding tert-OH is 1. The van der Waals surface area contributed by atoms with Gasteiger partial charge in [-0.1, -0.05) is 21.6 Å². The summed E-state index contributed by atoms with van der Waals surface area (Å²) in [7, 11) is 2.88. The molecule has 0 amide bonds. The molecule has 0 aromatic carbocycles. The Morgan fingerprint density at radius 2 is 2.27 bits per heavy atom. The molecular weight excluding hydrogens is 184 g/mol. The highest BCUT2D eigenvalue weighted by atomic mass is 33.1. The van der Waals surface area contributed by atoms with Gasteiger partial charge < -0.3 is 9.84 Å². The van der Waals surface area contributed by atoms with Crippen LogP contribution in [0.15, 0.2) is 0 Å². The van der Waals surface area contributed by atoms with Gasteiger partial charge in [-0.05, 0) is 6.92 Å². The molecule has 0 aliphatic rings. The Morgan fingerprint density at radius 3 is 2.82 bits per heavy atom. The summed E-state index contributed by atoms with van der Waals surface area (Å²) < 4.78 is 4.69. The molecule has 11 heavy (non-hydrogen) atoms. The van der Waals surface area contributed by atoms with Crippen LogP contribution < -0.4 is 0 Å². The zero-order chi connectivity index (χ0) is 8.53. The number of esters is 1. The van der Waals surface area contributed by atoms with E-state index in [0.29, 0.717) is 18.1 Å². The van der Waals surface area contributed by atoms with Gasteiger partial charge in [0.1, 0.15) is 5.75 Å². The van der Waals surface area contributed by atoms with Crippen molar-refractivity contribution in [1.29, 1.82) is 0 Å². The van der Waals surface area contributed by atoms with Gasteiger partial charge in [0, 0.05) is 5.75 Å². The molecule has 0 atom stereocenters. The fourth-order valence-electron chi connectivity index (χ4n) is 0.389. The van der Waals surface area contributed by atoms with Crippen molar-refractivity contribution in [3.8, 4) is 0 Å². The molecule has 0 fully saturated rings. The summed E-state index contributed by atoms with van der Waals surface area (Å²) in [6.45, 7) is 2.37. The monoisotopic (exact) mass is 196 g/mol. The van der Waals surface area contributed by atoms with Crippen molar-refractivity contribution < 1.29 is 14.6 Å². The molecule has 0 aromatic rings. The molecule has 0 rings (SSSR count). The molecule has 0 aliphatic heterocycles. The quantitative estimate of drug-likeness (QED) is 0.389. The number of rotatable bonds is 6. The summed E-state index contributed by atoms with van der Waals surface area (Å²) >= 11 is 0. The number of aliphatic hydroxyl groups is 1.